The molecule has 0 aliphatic carbocycles. The molecule has 1 aromatic carbocycles. The number of amides is 1. The molecule has 0 aromatic heterocycles. The monoisotopic (exact) mass is 311 g/mol. The van der Waals surface area contributed by atoms with Gasteiger partial charge in [0.15, 0.2) is 0 Å². The van der Waals surface area contributed by atoms with Crippen LogP contribution in [0.3, 0.4) is 0 Å². The van der Waals surface area contributed by atoms with E-state index >= 15 is 0 Å². The Morgan fingerprint density at radius 2 is 1.95 bits per heavy atom. The Morgan fingerprint density at radius 1 is 1.24 bits per heavy atom. The van der Waals surface area contributed by atoms with Crippen molar-refractivity contribution in [1.82, 2.24) is 5.32 Å². The quantitative estimate of drug-likeness (QED) is 0.532. The predicted octanol–water partition coefficient (Wildman–Crippen LogP) is 3.27. The maximum Gasteiger partial charge on any atom is 0.207 e. The van der Waals surface area contributed by atoms with E-state index in [9.17, 15) is 4.79 Å². The Balaban J connectivity index is 3.04. The molecule has 21 heavy (non-hydrogen) atoms. The number of rotatable bonds is 10. The molecule has 0 spiro atoms. The van der Waals surface area contributed by atoms with Crippen LogP contribution in [0.25, 0.3) is 0 Å². The highest BCUT2D eigenvalue weighted by atomic mass is 32.2. The molecule has 1 rings (SSSR count). The van der Waals surface area contributed by atoms with Gasteiger partial charge in [-0.3, -0.25) is 4.79 Å². The fourth-order valence-corrected chi connectivity index (χ4v) is 3.00. The van der Waals surface area contributed by atoms with Crippen LogP contribution in [0.2, 0.25) is 0 Å². The SMILES string of the molecule is CCCSc1cc(OC)c(CC(CC)NC=O)cc1OC. The smallest absolute Gasteiger partial charge is 0.207 e. The summed E-state index contributed by atoms with van der Waals surface area (Å²) in [7, 11) is 3.36. The van der Waals surface area contributed by atoms with Crippen LogP contribution in [0, 0.1) is 0 Å². The molecule has 4 nitrogen and oxygen atoms in total. The lowest BCUT2D eigenvalue weighted by Gasteiger charge is -2.18. The molecule has 0 aliphatic heterocycles. The van der Waals surface area contributed by atoms with E-state index < -0.39 is 0 Å². The predicted molar refractivity (Wildman–Crippen MR) is 87.5 cm³/mol. The average Bonchev–Trinajstić information content (AvgIpc) is 2.52. The van der Waals surface area contributed by atoms with E-state index in [1.54, 1.807) is 26.0 Å². The number of hydrogen-bond acceptors (Lipinski definition) is 4. The Kier molecular flexibility index (Phi) is 8.05. The van der Waals surface area contributed by atoms with Crippen molar-refractivity contribution < 1.29 is 14.3 Å². The molecule has 0 saturated carbocycles. The summed E-state index contributed by atoms with van der Waals surface area (Å²) in [5.41, 5.74) is 1.05. The van der Waals surface area contributed by atoms with E-state index in [1.165, 1.54) is 0 Å². The first-order valence-corrected chi connectivity index (χ1v) is 8.26. The van der Waals surface area contributed by atoms with Crippen LogP contribution in [0.4, 0.5) is 0 Å². The van der Waals surface area contributed by atoms with Crippen LogP contribution in [0.5, 0.6) is 11.5 Å². The topological polar surface area (TPSA) is 47.6 Å². The number of carbonyl (C=O) groups is 1. The molecule has 0 fully saturated rings. The fourth-order valence-electron chi connectivity index (χ4n) is 2.10. The number of nitrogens with one attached hydrogen (secondary N) is 1. The fraction of sp³-hybridized carbons (Fsp3) is 0.562. The molecular formula is C16H25NO3S. The first kappa shape index (κ1) is 17.7. The summed E-state index contributed by atoms with van der Waals surface area (Å²) in [5.74, 6) is 2.76. The van der Waals surface area contributed by atoms with Gasteiger partial charge < -0.3 is 14.8 Å². The molecule has 1 amide bonds. The Labute approximate surface area is 131 Å². The molecule has 118 valence electrons. The van der Waals surface area contributed by atoms with Gasteiger partial charge in [0.1, 0.15) is 11.5 Å². The van der Waals surface area contributed by atoms with Gasteiger partial charge in [0.2, 0.25) is 6.41 Å². The van der Waals surface area contributed by atoms with Crippen molar-refractivity contribution >= 4 is 18.2 Å². The van der Waals surface area contributed by atoms with Crippen LogP contribution >= 0.6 is 11.8 Å². The van der Waals surface area contributed by atoms with Crippen molar-refractivity contribution in [2.75, 3.05) is 20.0 Å². The van der Waals surface area contributed by atoms with E-state index in [0.29, 0.717) is 0 Å². The van der Waals surface area contributed by atoms with Gasteiger partial charge in [-0.05, 0) is 42.7 Å². The standard InChI is InChI=1S/C16H25NO3S/c1-5-7-21-16-10-14(19-3)12(9-15(16)20-4)8-13(6-2)17-11-18/h9-11,13H,5-8H2,1-4H3,(H,17,18). The second kappa shape index (κ2) is 9.55. The molecule has 1 aromatic rings. The second-order valence-electron chi connectivity index (χ2n) is 4.76. The summed E-state index contributed by atoms with van der Waals surface area (Å²) in [6.07, 6.45) is 3.46. The van der Waals surface area contributed by atoms with Crippen molar-refractivity contribution in [2.24, 2.45) is 0 Å². The van der Waals surface area contributed by atoms with Crippen LogP contribution < -0.4 is 14.8 Å². The number of methoxy groups -OCH3 is 2. The van der Waals surface area contributed by atoms with Gasteiger partial charge in [0.25, 0.3) is 0 Å². The van der Waals surface area contributed by atoms with Crippen LogP contribution in [-0.4, -0.2) is 32.4 Å². The van der Waals surface area contributed by atoms with Gasteiger partial charge in [-0.1, -0.05) is 13.8 Å². The molecule has 1 unspecified atom stereocenters. The summed E-state index contributed by atoms with van der Waals surface area (Å²) in [5, 5.41) is 2.84. The normalized spacial score (nSPS) is 11.8. The number of thioether (sulfide) groups is 1. The van der Waals surface area contributed by atoms with Crippen LogP contribution in [0.1, 0.15) is 32.3 Å². The van der Waals surface area contributed by atoms with Crippen molar-refractivity contribution in [3.63, 3.8) is 0 Å². The zero-order valence-corrected chi connectivity index (χ0v) is 14.1. The summed E-state index contributed by atoms with van der Waals surface area (Å²) >= 11 is 1.77. The lowest BCUT2D eigenvalue weighted by atomic mass is 10.0. The van der Waals surface area contributed by atoms with E-state index in [-0.39, 0.29) is 6.04 Å². The number of ether oxygens (including phenoxy) is 2. The Hall–Kier alpha value is -1.36. The van der Waals surface area contributed by atoms with Gasteiger partial charge in [-0.15, -0.1) is 11.8 Å². The highest BCUT2D eigenvalue weighted by Gasteiger charge is 2.15. The third-order valence-corrected chi connectivity index (χ3v) is 4.53. The number of hydrogen-bond donors (Lipinski definition) is 1. The molecule has 1 atom stereocenters. The average molecular weight is 311 g/mol. The molecule has 0 aliphatic rings. The largest absolute Gasteiger partial charge is 0.496 e. The van der Waals surface area contributed by atoms with Gasteiger partial charge >= 0.3 is 0 Å². The highest BCUT2D eigenvalue weighted by molar-refractivity contribution is 7.99. The minimum atomic E-state index is 0.107. The summed E-state index contributed by atoms with van der Waals surface area (Å²) in [6.45, 7) is 4.21. The summed E-state index contributed by atoms with van der Waals surface area (Å²) in [6, 6.07) is 4.16. The van der Waals surface area contributed by atoms with Gasteiger partial charge in [-0.25, -0.2) is 0 Å². The Morgan fingerprint density at radius 3 is 2.48 bits per heavy atom. The van der Waals surface area contributed by atoms with Crippen molar-refractivity contribution in [1.29, 1.82) is 0 Å². The van der Waals surface area contributed by atoms with E-state index in [2.05, 4.69) is 19.2 Å². The number of carbonyl (C=O) groups excluding carboxylic acids is 1. The molecule has 5 heteroatoms. The van der Waals surface area contributed by atoms with Crippen molar-refractivity contribution in [2.45, 2.75) is 44.0 Å². The highest BCUT2D eigenvalue weighted by Crippen LogP contribution is 2.36. The second-order valence-corrected chi connectivity index (χ2v) is 5.89. The van der Waals surface area contributed by atoms with Crippen LogP contribution in [-0.2, 0) is 11.2 Å². The molecule has 1 N–H and O–H groups in total. The minimum absolute atomic E-state index is 0.107. The first-order valence-electron chi connectivity index (χ1n) is 7.27. The third-order valence-electron chi connectivity index (χ3n) is 3.29. The van der Waals surface area contributed by atoms with Crippen molar-refractivity contribution in [3.8, 4) is 11.5 Å². The van der Waals surface area contributed by atoms with E-state index in [1.807, 2.05) is 12.1 Å². The molecule has 0 radical (unpaired) electrons. The van der Waals surface area contributed by atoms with E-state index in [4.69, 9.17) is 9.47 Å². The number of benzene rings is 1. The maximum atomic E-state index is 10.6. The van der Waals surface area contributed by atoms with Crippen LogP contribution in [0.15, 0.2) is 17.0 Å². The molecular weight excluding hydrogens is 286 g/mol. The lowest BCUT2D eigenvalue weighted by Crippen LogP contribution is -2.29. The maximum absolute atomic E-state index is 10.6. The molecule has 0 saturated heterocycles. The van der Waals surface area contributed by atoms with E-state index in [0.717, 1.165) is 53.4 Å². The zero-order valence-electron chi connectivity index (χ0n) is 13.3. The van der Waals surface area contributed by atoms with Gasteiger partial charge in [-0.2, -0.15) is 0 Å². The van der Waals surface area contributed by atoms with Gasteiger partial charge in [0.05, 0.1) is 19.1 Å². The molecule has 0 bridgehead atoms. The van der Waals surface area contributed by atoms with Gasteiger partial charge in [0, 0.05) is 6.04 Å². The first-order chi connectivity index (χ1) is 10.2. The third kappa shape index (κ3) is 5.16. The minimum Gasteiger partial charge on any atom is -0.496 e. The zero-order chi connectivity index (χ0) is 15.7. The lowest BCUT2D eigenvalue weighted by molar-refractivity contribution is -0.110. The van der Waals surface area contributed by atoms with Crippen molar-refractivity contribution in [3.05, 3.63) is 17.7 Å². The summed E-state index contributed by atoms with van der Waals surface area (Å²) in [4.78, 5) is 11.7. The summed E-state index contributed by atoms with van der Waals surface area (Å²) < 4.78 is 11.0. The Bertz CT molecular complexity index is 451. The molecule has 0 heterocycles.